The van der Waals surface area contributed by atoms with Gasteiger partial charge >= 0.3 is 0 Å². The van der Waals surface area contributed by atoms with E-state index in [0.717, 1.165) is 35.8 Å². The second-order valence-corrected chi connectivity index (χ2v) is 6.57. The first-order valence-corrected chi connectivity index (χ1v) is 8.35. The topological polar surface area (TPSA) is 20.3 Å². The number of nitrogens with zero attached hydrogens (tertiary/aromatic N) is 1. The van der Waals surface area contributed by atoms with Crippen LogP contribution in [0.15, 0.2) is 53.4 Å². The van der Waals surface area contributed by atoms with E-state index < -0.39 is 0 Å². The minimum Gasteiger partial charge on any atom is -0.339 e. The van der Waals surface area contributed by atoms with Gasteiger partial charge in [0.25, 0.3) is 5.91 Å². The van der Waals surface area contributed by atoms with E-state index in [9.17, 15) is 4.79 Å². The first-order valence-electron chi connectivity index (χ1n) is 6.99. The van der Waals surface area contributed by atoms with Gasteiger partial charge in [-0.3, -0.25) is 4.79 Å². The summed E-state index contributed by atoms with van der Waals surface area (Å²) in [6.07, 6.45) is 1.13. The lowest BCUT2D eigenvalue weighted by atomic mass is 10.1. The Hall–Kier alpha value is -1.45. The molecule has 1 fully saturated rings. The van der Waals surface area contributed by atoms with Gasteiger partial charge in [-0.1, -0.05) is 23.7 Å². The fourth-order valence-corrected chi connectivity index (χ4v) is 3.12. The molecule has 0 spiro atoms. The monoisotopic (exact) mass is 317 g/mol. The Labute approximate surface area is 134 Å². The molecule has 0 aromatic heterocycles. The molecule has 2 nitrogen and oxygen atoms in total. The molecule has 108 valence electrons. The molecule has 0 N–H and O–H groups in total. The van der Waals surface area contributed by atoms with E-state index in [1.165, 1.54) is 10.5 Å². The highest BCUT2D eigenvalue weighted by Crippen LogP contribution is 2.24. The molecule has 1 aliphatic heterocycles. The molecular formula is C17H16ClNOS. The number of amides is 1. The van der Waals surface area contributed by atoms with Crippen LogP contribution in [0.4, 0.5) is 0 Å². The van der Waals surface area contributed by atoms with Crippen LogP contribution >= 0.6 is 23.4 Å². The van der Waals surface area contributed by atoms with Gasteiger partial charge < -0.3 is 4.90 Å². The summed E-state index contributed by atoms with van der Waals surface area (Å²) in [5, 5.41) is 0.758. The normalized spacial score (nSPS) is 13.9. The van der Waals surface area contributed by atoms with Gasteiger partial charge in [-0.25, -0.2) is 0 Å². The van der Waals surface area contributed by atoms with Gasteiger partial charge in [0.15, 0.2) is 0 Å². The van der Waals surface area contributed by atoms with E-state index in [2.05, 4.69) is 0 Å². The number of rotatable bonds is 4. The molecule has 0 unspecified atom stereocenters. The van der Waals surface area contributed by atoms with Crippen LogP contribution in [0, 0.1) is 0 Å². The number of thioether (sulfide) groups is 1. The molecule has 2 aromatic rings. The zero-order valence-electron chi connectivity index (χ0n) is 11.6. The Morgan fingerprint density at radius 1 is 1.05 bits per heavy atom. The second-order valence-electron chi connectivity index (χ2n) is 5.09. The Morgan fingerprint density at radius 3 is 2.29 bits per heavy atom. The van der Waals surface area contributed by atoms with Crippen LogP contribution in [0.2, 0.25) is 5.02 Å². The van der Waals surface area contributed by atoms with Crippen LogP contribution in [0.1, 0.15) is 22.3 Å². The summed E-state index contributed by atoms with van der Waals surface area (Å²) in [5.41, 5.74) is 2.00. The summed E-state index contributed by atoms with van der Waals surface area (Å²) in [4.78, 5) is 15.1. The number of benzene rings is 2. The summed E-state index contributed by atoms with van der Waals surface area (Å²) in [5.74, 6) is 1.04. The summed E-state index contributed by atoms with van der Waals surface area (Å²) in [7, 11) is 0. The van der Waals surface area contributed by atoms with Gasteiger partial charge in [-0.2, -0.15) is 0 Å². The Balaban J connectivity index is 1.59. The number of carbonyl (C=O) groups excluding carboxylic acids is 1. The third-order valence-electron chi connectivity index (χ3n) is 3.56. The first kappa shape index (κ1) is 14.5. The standard InChI is InChI=1S/C17H16ClNOS/c18-15-6-8-16(9-7-15)21-12-13-2-4-14(5-3-13)17(20)19-10-1-11-19/h2-9H,1,10-12H2. The van der Waals surface area contributed by atoms with Crippen molar-refractivity contribution >= 4 is 29.3 Å². The number of halogens is 1. The van der Waals surface area contributed by atoms with E-state index in [1.807, 2.05) is 53.4 Å². The van der Waals surface area contributed by atoms with Crippen molar-refractivity contribution in [3.63, 3.8) is 0 Å². The molecule has 1 aliphatic rings. The molecule has 4 heteroatoms. The van der Waals surface area contributed by atoms with Crippen molar-refractivity contribution < 1.29 is 4.79 Å². The maximum absolute atomic E-state index is 12.1. The van der Waals surface area contributed by atoms with Gasteiger partial charge in [0.05, 0.1) is 0 Å². The predicted octanol–water partition coefficient (Wildman–Crippen LogP) is 4.48. The van der Waals surface area contributed by atoms with Crippen LogP contribution in [0.3, 0.4) is 0 Å². The molecule has 3 rings (SSSR count). The quantitative estimate of drug-likeness (QED) is 0.775. The molecule has 0 aliphatic carbocycles. The molecule has 1 saturated heterocycles. The number of hydrogen-bond donors (Lipinski definition) is 0. The van der Waals surface area contributed by atoms with Gasteiger partial charge in [-0.15, -0.1) is 11.8 Å². The minimum atomic E-state index is 0.151. The van der Waals surface area contributed by atoms with E-state index in [0.29, 0.717) is 0 Å². The van der Waals surface area contributed by atoms with Crippen molar-refractivity contribution in [2.75, 3.05) is 13.1 Å². The number of carbonyl (C=O) groups is 1. The van der Waals surface area contributed by atoms with Crippen LogP contribution in [-0.2, 0) is 5.75 Å². The summed E-state index contributed by atoms with van der Waals surface area (Å²) < 4.78 is 0. The fourth-order valence-electron chi connectivity index (χ4n) is 2.14. The van der Waals surface area contributed by atoms with Crippen molar-refractivity contribution in [1.29, 1.82) is 0 Å². The van der Waals surface area contributed by atoms with E-state index >= 15 is 0 Å². The van der Waals surface area contributed by atoms with Crippen LogP contribution < -0.4 is 0 Å². The highest BCUT2D eigenvalue weighted by atomic mass is 35.5. The summed E-state index contributed by atoms with van der Waals surface area (Å²) >= 11 is 7.64. The highest BCUT2D eigenvalue weighted by molar-refractivity contribution is 7.98. The number of likely N-dealkylation sites (tertiary alicyclic amines) is 1. The van der Waals surface area contributed by atoms with Gasteiger partial charge in [0.2, 0.25) is 0 Å². The predicted molar refractivity (Wildman–Crippen MR) is 88.0 cm³/mol. The molecule has 0 atom stereocenters. The molecule has 0 radical (unpaired) electrons. The summed E-state index contributed by atoms with van der Waals surface area (Å²) in [6.45, 7) is 1.79. The Kier molecular flexibility index (Phi) is 4.51. The SMILES string of the molecule is O=C(c1ccc(CSc2ccc(Cl)cc2)cc1)N1CCC1. The van der Waals surface area contributed by atoms with Crippen LogP contribution in [-0.4, -0.2) is 23.9 Å². The average Bonchev–Trinajstić information content (AvgIpc) is 2.45. The largest absolute Gasteiger partial charge is 0.339 e. The first-order chi connectivity index (χ1) is 10.2. The third-order valence-corrected chi connectivity index (χ3v) is 4.90. The second kappa shape index (κ2) is 6.54. The fraction of sp³-hybridized carbons (Fsp3) is 0.235. The maximum atomic E-state index is 12.1. The molecule has 0 saturated carbocycles. The molecule has 1 amide bonds. The molecule has 0 bridgehead atoms. The van der Waals surface area contributed by atoms with E-state index in [4.69, 9.17) is 11.6 Å². The van der Waals surface area contributed by atoms with Crippen LogP contribution in [0.25, 0.3) is 0 Å². The maximum Gasteiger partial charge on any atom is 0.253 e. The third kappa shape index (κ3) is 3.60. The Morgan fingerprint density at radius 2 is 1.71 bits per heavy atom. The van der Waals surface area contributed by atoms with Crippen LogP contribution in [0.5, 0.6) is 0 Å². The Bertz CT molecular complexity index is 620. The smallest absolute Gasteiger partial charge is 0.253 e. The van der Waals surface area contributed by atoms with Gasteiger partial charge in [0.1, 0.15) is 0 Å². The van der Waals surface area contributed by atoms with E-state index in [1.54, 1.807) is 11.8 Å². The lowest BCUT2D eigenvalue weighted by Gasteiger charge is -2.30. The lowest BCUT2D eigenvalue weighted by Crippen LogP contribution is -2.41. The van der Waals surface area contributed by atoms with Crippen molar-refractivity contribution in [2.45, 2.75) is 17.1 Å². The highest BCUT2D eigenvalue weighted by Gasteiger charge is 2.21. The minimum absolute atomic E-state index is 0.151. The number of hydrogen-bond acceptors (Lipinski definition) is 2. The molecule has 1 heterocycles. The van der Waals surface area contributed by atoms with Gasteiger partial charge in [-0.05, 0) is 48.4 Å². The molecular weight excluding hydrogens is 302 g/mol. The average molecular weight is 318 g/mol. The van der Waals surface area contributed by atoms with E-state index in [-0.39, 0.29) is 5.91 Å². The van der Waals surface area contributed by atoms with Crippen molar-refractivity contribution in [3.05, 3.63) is 64.7 Å². The molecule has 2 aromatic carbocycles. The summed E-state index contributed by atoms with van der Waals surface area (Å²) in [6, 6.07) is 15.8. The molecule has 21 heavy (non-hydrogen) atoms. The zero-order valence-corrected chi connectivity index (χ0v) is 13.2. The van der Waals surface area contributed by atoms with Crippen molar-refractivity contribution in [3.8, 4) is 0 Å². The van der Waals surface area contributed by atoms with Gasteiger partial charge in [0, 0.05) is 34.3 Å². The zero-order chi connectivity index (χ0) is 14.7. The van der Waals surface area contributed by atoms with Crippen molar-refractivity contribution in [1.82, 2.24) is 4.90 Å². The van der Waals surface area contributed by atoms with Crippen molar-refractivity contribution in [2.24, 2.45) is 0 Å². The lowest BCUT2D eigenvalue weighted by molar-refractivity contribution is 0.0652.